The molecule has 6 nitrogen and oxygen atoms in total. The van der Waals surface area contributed by atoms with E-state index < -0.39 is 11.5 Å². The number of carbonyl (C=O) groups is 1. The molecule has 0 radical (unpaired) electrons. The van der Waals surface area contributed by atoms with Crippen LogP contribution in [0.3, 0.4) is 0 Å². The molecular weight excluding hydrogens is 256 g/mol. The monoisotopic (exact) mass is 272 g/mol. The molecule has 0 amide bonds. The lowest BCUT2D eigenvalue weighted by Crippen LogP contribution is -2.41. The second-order valence-corrected chi connectivity index (χ2v) is 5.33. The summed E-state index contributed by atoms with van der Waals surface area (Å²) in [4.78, 5) is 11.8. The number of aryl methyl sites for hydroxylation is 1. The molecule has 2 unspecified atom stereocenters. The van der Waals surface area contributed by atoms with Crippen LogP contribution in [0.2, 0.25) is 0 Å². The minimum absolute atomic E-state index is 0.232. The summed E-state index contributed by atoms with van der Waals surface area (Å²) in [6.07, 6.45) is 1.90. The number of benzene rings is 1. The van der Waals surface area contributed by atoms with Gasteiger partial charge in [0.25, 0.3) is 0 Å². The van der Waals surface area contributed by atoms with E-state index >= 15 is 0 Å². The van der Waals surface area contributed by atoms with Gasteiger partial charge in [-0.25, -0.2) is 9.48 Å². The SMILES string of the molecule is Cc1nnnn1C1(C(=O)O)CCC(c2ccccc2)C1. The van der Waals surface area contributed by atoms with Crippen molar-refractivity contribution in [1.29, 1.82) is 0 Å². The topological polar surface area (TPSA) is 80.9 Å². The van der Waals surface area contributed by atoms with Gasteiger partial charge in [-0.3, -0.25) is 0 Å². The molecule has 2 atom stereocenters. The van der Waals surface area contributed by atoms with Gasteiger partial charge in [0.15, 0.2) is 5.54 Å². The summed E-state index contributed by atoms with van der Waals surface area (Å²) in [7, 11) is 0. The summed E-state index contributed by atoms with van der Waals surface area (Å²) in [5, 5.41) is 21.0. The maximum Gasteiger partial charge on any atom is 0.331 e. The Kier molecular flexibility index (Phi) is 3.00. The van der Waals surface area contributed by atoms with Gasteiger partial charge in [0, 0.05) is 0 Å². The van der Waals surface area contributed by atoms with Crippen molar-refractivity contribution >= 4 is 5.97 Å². The van der Waals surface area contributed by atoms with Crippen LogP contribution in [0, 0.1) is 6.92 Å². The summed E-state index contributed by atoms with van der Waals surface area (Å²) in [6, 6.07) is 10.0. The molecule has 1 aliphatic rings. The van der Waals surface area contributed by atoms with Gasteiger partial charge in [0.1, 0.15) is 5.82 Å². The Morgan fingerprint density at radius 2 is 2.15 bits per heavy atom. The molecule has 104 valence electrons. The molecule has 1 saturated carbocycles. The van der Waals surface area contributed by atoms with Gasteiger partial charge in [0.05, 0.1) is 0 Å². The van der Waals surface area contributed by atoms with Gasteiger partial charge in [-0.05, 0) is 48.1 Å². The lowest BCUT2D eigenvalue weighted by atomic mass is 9.92. The molecule has 1 aromatic carbocycles. The van der Waals surface area contributed by atoms with Crippen molar-refractivity contribution < 1.29 is 9.90 Å². The van der Waals surface area contributed by atoms with Crippen molar-refractivity contribution in [3.05, 3.63) is 41.7 Å². The van der Waals surface area contributed by atoms with Crippen LogP contribution in [0.1, 0.15) is 36.6 Å². The molecule has 0 aliphatic heterocycles. The van der Waals surface area contributed by atoms with Crippen molar-refractivity contribution in [2.75, 3.05) is 0 Å². The van der Waals surface area contributed by atoms with E-state index in [4.69, 9.17) is 0 Å². The lowest BCUT2D eigenvalue weighted by Gasteiger charge is -2.25. The second-order valence-electron chi connectivity index (χ2n) is 5.33. The first-order valence-electron chi connectivity index (χ1n) is 6.67. The van der Waals surface area contributed by atoms with Gasteiger partial charge in [0.2, 0.25) is 0 Å². The summed E-state index contributed by atoms with van der Waals surface area (Å²) in [5.41, 5.74) is 0.162. The van der Waals surface area contributed by atoms with E-state index in [1.165, 1.54) is 10.2 Å². The van der Waals surface area contributed by atoms with Gasteiger partial charge in [-0.1, -0.05) is 30.3 Å². The van der Waals surface area contributed by atoms with Gasteiger partial charge in [-0.15, -0.1) is 5.10 Å². The maximum atomic E-state index is 11.8. The van der Waals surface area contributed by atoms with E-state index in [9.17, 15) is 9.90 Å². The molecule has 6 heteroatoms. The number of carboxylic acid groups (broad SMARTS) is 1. The largest absolute Gasteiger partial charge is 0.479 e. The first-order valence-corrected chi connectivity index (χ1v) is 6.67. The fourth-order valence-corrected chi connectivity index (χ4v) is 3.14. The number of carboxylic acids is 1. The number of hydrogen-bond acceptors (Lipinski definition) is 4. The van der Waals surface area contributed by atoms with E-state index in [-0.39, 0.29) is 5.92 Å². The molecule has 1 heterocycles. The standard InChI is InChI=1S/C14H16N4O2/c1-10-15-16-17-18(10)14(13(19)20)8-7-12(9-14)11-5-3-2-4-6-11/h2-6,12H,7-9H2,1H3,(H,19,20). The maximum absolute atomic E-state index is 11.8. The Morgan fingerprint density at radius 1 is 1.40 bits per heavy atom. The first-order chi connectivity index (χ1) is 9.63. The molecule has 0 spiro atoms. The molecule has 1 fully saturated rings. The summed E-state index contributed by atoms with van der Waals surface area (Å²) in [6.45, 7) is 1.74. The zero-order valence-electron chi connectivity index (χ0n) is 11.2. The third-order valence-corrected chi connectivity index (χ3v) is 4.19. The number of hydrogen-bond donors (Lipinski definition) is 1. The Hall–Kier alpha value is -2.24. The highest BCUT2D eigenvalue weighted by molar-refractivity contribution is 5.77. The molecule has 1 aliphatic carbocycles. The van der Waals surface area contributed by atoms with Crippen LogP contribution in [0.5, 0.6) is 0 Å². The molecule has 20 heavy (non-hydrogen) atoms. The Labute approximate surface area is 116 Å². The highest BCUT2D eigenvalue weighted by Gasteiger charge is 2.49. The quantitative estimate of drug-likeness (QED) is 0.920. The van der Waals surface area contributed by atoms with Crippen molar-refractivity contribution in [3.63, 3.8) is 0 Å². The van der Waals surface area contributed by atoms with Crippen LogP contribution in [-0.2, 0) is 10.3 Å². The molecule has 0 bridgehead atoms. The summed E-state index contributed by atoms with van der Waals surface area (Å²) in [5.74, 6) is -0.0802. The lowest BCUT2D eigenvalue weighted by molar-refractivity contribution is -0.148. The minimum atomic E-state index is -1.02. The van der Waals surface area contributed by atoms with Crippen LogP contribution in [0.4, 0.5) is 0 Å². The predicted octanol–water partition coefficient (Wildman–Crippen LogP) is 1.73. The number of aliphatic carboxylic acids is 1. The predicted molar refractivity (Wildman–Crippen MR) is 71.2 cm³/mol. The van der Waals surface area contributed by atoms with E-state index in [1.54, 1.807) is 6.92 Å². The average molecular weight is 272 g/mol. The average Bonchev–Trinajstić information content (AvgIpc) is 3.06. The van der Waals surface area contributed by atoms with Crippen molar-refractivity contribution in [1.82, 2.24) is 20.2 Å². The fourth-order valence-electron chi connectivity index (χ4n) is 3.14. The van der Waals surface area contributed by atoms with Gasteiger partial charge in [-0.2, -0.15) is 0 Å². The van der Waals surface area contributed by atoms with Gasteiger partial charge < -0.3 is 5.11 Å². The van der Waals surface area contributed by atoms with E-state index in [0.717, 1.165) is 6.42 Å². The zero-order chi connectivity index (χ0) is 14.2. The first kappa shape index (κ1) is 12.8. The Morgan fingerprint density at radius 3 is 2.75 bits per heavy atom. The van der Waals surface area contributed by atoms with Crippen LogP contribution in [0.15, 0.2) is 30.3 Å². The van der Waals surface area contributed by atoms with Crippen LogP contribution < -0.4 is 0 Å². The number of aromatic nitrogens is 4. The van der Waals surface area contributed by atoms with Gasteiger partial charge >= 0.3 is 5.97 Å². The molecule has 1 N–H and O–H groups in total. The molecule has 3 rings (SSSR count). The summed E-state index contributed by atoms with van der Waals surface area (Å²) < 4.78 is 1.47. The van der Waals surface area contributed by atoms with E-state index in [0.29, 0.717) is 18.7 Å². The molecule has 1 aromatic heterocycles. The van der Waals surface area contributed by atoms with E-state index in [1.807, 2.05) is 18.2 Å². The number of nitrogens with zero attached hydrogens (tertiary/aromatic N) is 4. The molecular formula is C14H16N4O2. The normalized spacial score (nSPS) is 25.8. The highest BCUT2D eigenvalue weighted by atomic mass is 16.4. The third-order valence-electron chi connectivity index (χ3n) is 4.19. The minimum Gasteiger partial charge on any atom is -0.479 e. The van der Waals surface area contributed by atoms with Crippen LogP contribution in [-0.4, -0.2) is 31.3 Å². The smallest absolute Gasteiger partial charge is 0.331 e. The van der Waals surface area contributed by atoms with Crippen molar-refractivity contribution in [2.24, 2.45) is 0 Å². The Bertz CT molecular complexity index is 625. The fraction of sp³-hybridized carbons (Fsp3) is 0.429. The number of rotatable bonds is 3. The second kappa shape index (κ2) is 4.70. The highest BCUT2D eigenvalue weighted by Crippen LogP contribution is 2.45. The van der Waals surface area contributed by atoms with Crippen LogP contribution >= 0.6 is 0 Å². The summed E-state index contributed by atoms with van der Waals surface area (Å²) >= 11 is 0. The van der Waals surface area contributed by atoms with E-state index in [2.05, 4.69) is 27.7 Å². The number of tetrazole rings is 1. The third kappa shape index (κ3) is 1.88. The van der Waals surface area contributed by atoms with Crippen molar-refractivity contribution in [2.45, 2.75) is 37.6 Å². The zero-order valence-corrected chi connectivity index (χ0v) is 11.2. The van der Waals surface area contributed by atoms with Crippen molar-refractivity contribution in [3.8, 4) is 0 Å². The molecule has 2 aromatic rings. The van der Waals surface area contributed by atoms with Crippen LogP contribution in [0.25, 0.3) is 0 Å². The Balaban J connectivity index is 1.96. The molecule has 0 saturated heterocycles.